The molecule has 0 unspecified atom stereocenters. The van der Waals surface area contributed by atoms with Crippen LogP contribution in [0.3, 0.4) is 0 Å². The maximum Gasteiger partial charge on any atom is 0.302 e. The van der Waals surface area contributed by atoms with Gasteiger partial charge in [-0.25, -0.2) is 0 Å². The van der Waals surface area contributed by atoms with Gasteiger partial charge in [-0.3, -0.25) is 24.0 Å². The SMILES string of the molecule is CC(=O)OC[C@]12[C@H]3[C@H](OC(C)=O)C[C@@]4(C)[C@@H](C(=O)CO)CC[C@@]4(O)[C@H]3CC[C@]1(O)C[C@H](OC(C)=O)C[C@@H]2OC(C)=O. The quantitative estimate of drug-likeness (QED) is 0.286. The number of rotatable bonds is 7. The molecule has 4 aliphatic carbocycles. The van der Waals surface area contributed by atoms with Crippen molar-refractivity contribution in [2.24, 2.45) is 28.6 Å². The number of hydrogen-bond acceptors (Lipinski definition) is 12. The van der Waals surface area contributed by atoms with Gasteiger partial charge in [0.25, 0.3) is 0 Å². The van der Waals surface area contributed by atoms with Crippen molar-refractivity contribution in [3.05, 3.63) is 0 Å². The van der Waals surface area contributed by atoms with E-state index in [4.69, 9.17) is 18.9 Å². The molecule has 0 spiro atoms. The highest BCUT2D eigenvalue weighted by atomic mass is 16.6. The summed E-state index contributed by atoms with van der Waals surface area (Å²) in [6.45, 7) is 5.55. The Labute approximate surface area is 239 Å². The fraction of sp³-hybridized carbons (Fsp3) is 0.828. The van der Waals surface area contributed by atoms with Crippen molar-refractivity contribution in [1.82, 2.24) is 0 Å². The van der Waals surface area contributed by atoms with Crippen LogP contribution in [0.1, 0.15) is 79.6 Å². The van der Waals surface area contributed by atoms with Crippen molar-refractivity contribution in [3.63, 3.8) is 0 Å². The zero-order valence-corrected chi connectivity index (χ0v) is 24.3. The van der Waals surface area contributed by atoms with Gasteiger partial charge in [0.15, 0.2) is 5.78 Å². The van der Waals surface area contributed by atoms with E-state index in [1.54, 1.807) is 6.92 Å². The average molecular weight is 583 g/mol. The Bertz CT molecular complexity index is 1110. The van der Waals surface area contributed by atoms with Gasteiger partial charge in [-0.05, 0) is 38.0 Å². The monoisotopic (exact) mass is 582 g/mol. The Morgan fingerprint density at radius 3 is 2.02 bits per heavy atom. The molecule has 4 fully saturated rings. The second kappa shape index (κ2) is 10.9. The smallest absolute Gasteiger partial charge is 0.302 e. The molecule has 41 heavy (non-hydrogen) atoms. The molecule has 0 aliphatic heterocycles. The van der Waals surface area contributed by atoms with Crippen molar-refractivity contribution < 1.29 is 58.2 Å². The molecule has 0 aromatic carbocycles. The van der Waals surface area contributed by atoms with Gasteiger partial charge in [0.1, 0.15) is 31.5 Å². The number of aliphatic hydroxyl groups excluding tert-OH is 1. The standard InChI is InChI=1S/C29H42O12/c1-15(31)38-14-28-24(41-18(4)34)10-19(39-16(2)32)11-27(28,36)8-6-21-25(28)23(40-17(3)33)12-26(5)20(22(35)13-30)7-9-29(21,26)37/h19-21,23-25,30,36-37H,6-14H2,1-5H3/t19-,20-,21+,23-,24+,25-,26+,27+,28+,29-/m1/s1. The molecule has 0 amide bonds. The van der Waals surface area contributed by atoms with Crippen LogP contribution in [-0.4, -0.2) is 87.7 Å². The van der Waals surface area contributed by atoms with E-state index in [2.05, 4.69) is 0 Å². The molecular weight excluding hydrogens is 540 g/mol. The van der Waals surface area contributed by atoms with E-state index < -0.39 is 101 Å². The highest BCUT2D eigenvalue weighted by Gasteiger charge is 2.77. The molecule has 12 nitrogen and oxygen atoms in total. The maximum atomic E-state index is 12.9. The number of carbonyl (C=O) groups is 5. The van der Waals surface area contributed by atoms with Crippen molar-refractivity contribution in [2.45, 2.75) is 109 Å². The lowest BCUT2D eigenvalue weighted by Crippen LogP contribution is -2.76. The number of esters is 4. The minimum atomic E-state index is -1.72. The molecule has 10 atom stereocenters. The highest BCUT2D eigenvalue weighted by molar-refractivity contribution is 5.83. The van der Waals surface area contributed by atoms with Crippen LogP contribution in [0.15, 0.2) is 0 Å². The first-order valence-corrected chi connectivity index (χ1v) is 14.3. The first kappa shape index (κ1) is 31.4. The fourth-order valence-electron chi connectivity index (χ4n) is 9.24. The number of Topliss-reactive ketones (excluding diaryl/α,β-unsaturated/α-hetero) is 1. The third-order valence-corrected chi connectivity index (χ3v) is 10.6. The lowest BCUT2D eigenvalue weighted by atomic mass is 9.40. The summed E-state index contributed by atoms with van der Waals surface area (Å²) in [4.78, 5) is 61.9. The molecule has 3 N–H and O–H groups in total. The number of aliphatic hydroxyl groups is 3. The van der Waals surface area contributed by atoms with Gasteiger partial charge in [0, 0.05) is 57.8 Å². The third kappa shape index (κ3) is 4.95. The summed E-state index contributed by atoms with van der Waals surface area (Å²) < 4.78 is 22.8. The Hall–Kier alpha value is -2.57. The Morgan fingerprint density at radius 2 is 1.46 bits per heavy atom. The minimum absolute atomic E-state index is 0.0138. The van der Waals surface area contributed by atoms with Gasteiger partial charge < -0.3 is 34.3 Å². The fourth-order valence-corrected chi connectivity index (χ4v) is 9.24. The number of carbonyl (C=O) groups excluding carboxylic acids is 5. The van der Waals surface area contributed by atoms with Crippen LogP contribution >= 0.6 is 0 Å². The molecule has 230 valence electrons. The molecule has 12 heteroatoms. The van der Waals surface area contributed by atoms with E-state index in [9.17, 15) is 39.3 Å². The second-order valence-electron chi connectivity index (χ2n) is 12.7. The largest absolute Gasteiger partial charge is 0.465 e. The summed E-state index contributed by atoms with van der Waals surface area (Å²) in [5.41, 5.74) is -5.82. The average Bonchev–Trinajstić information content (AvgIpc) is 3.11. The molecule has 4 saturated carbocycles. The first-order valence-electron chi connectivity index (χ1n) is 14.3. The molecular formula is C29H42O12. The number of fused-ring (bicyclic) bond motifs is 5. The van der Waals surface area contributed by atoms with Crippen LogP contribution in [0.5, 0.6) is 0 Å². The van der Waals surface area contributed by atoms with E-state index in [0.717, 1.165) is 0 Å². The van der Waals surface area contributed by atoms with Gasteiger partial charge in [-0.2, -0.15) is 0 Å². The molecule has 0 saturated heterocycles. The van der Waals surface area contributed by atoms with E-state index in [-0.39, 0.29) is 38.5 Å². The normalized spacial score (nSPS) is 43.0. The Kier molecular flexibility index (Phi) is 8.36. The molecule has 0 aromatic heterocycles. The number of ketones is 1. The Balaban J connectivity index is 1.94. The lowest BCUT2D eigenvalue weighted by molar-refractivity contribution is -0.320. The van der Waals surface area contributed by atoms with Gasteiger partial charge >= 0.3 is 23.9 Å². The summed E-state index contributed by atoms with van der Waals surface area (Å²) in [5.74, 6) is -5.16. The van der Waals surface area contributed by atoms with Gasteiger partial charge in [-0.15, -0.1) is 0 Å². The zero-order chi connectivity index (χ0) is 30.5. The van der Waals surface area contributed by atoms with Crippen molar-refractivity contribution in [3.8, 4) is 0 Å². The van der Waals surface area contributed by atoms with Crippen molar-refractivity contribution in [1.29, 1.82) is 0 Å². The van der Waals surface area contributed by atoms with E-state index in [1.165, 1.54) is 27.7 Å². The van der Waals surface area contributed by atoms with Gasteiger partial charge in [-0.1, -0.05) is 6.92 Å². The summed E-state index contributed by atoms with van der Waals surface area (Å²) in [6, 6.07) is 0. The molecule has 0 heterocycles. The van der Waals surface area contributed by atoms with E-state index in [0.29, 0.717) is 6.42 Å². The third-order valence-electron chi connectivity index (χ3n) is 10.6. The van der Waals surface area contributed by atoms with Gasteiger partial charge in [0.05, 0.1) is 16.6 Å². The number of ether oxygens (including phenoxy) is 4. The van der Waals surface area contributed by atoms with Crippen LogP contribution in [-0.2, 0) is 42.9 Å². The summed E-state index contributed by atoms with van der Waals surface area (Å²) in [5, 5.41) is 34.7. The van der Waals surface area contributed by atoms with Crippen LogP contribution in [0, 0.1) is 28.6 Å². The number of hydrogen-bond donors (Lipinski definition) is 3. The molecule has 4 rings (SSSR count). The Morgan fingerprint density at radius 1 is 0.829 bits per heavy atom. The first-order chi connectivity index (χ1) is 19.0. The summed E-state index contributed by atoms with van der Waals surface area (Å²) in [6.07, 6.45) is -2.12. The van der Waals surface area contributed by atoms with E-state index >= 15 is 0 Å². The summed E-state index contributed by atoms with van der Waals surface area (Å²) in [7, 11) is 0. The molecule has 0 radical (unpaired) electrons. The molecule has 0 aromatic rings. The minimum Gasteiger partial charge on any atom is -0.465 e. The second-order valence-corrected chi connectivity index (χ2v) is 12.7. The van der Waals surface area contributed by atoms with Crippen molar-refractivity contribution >= 4 is 29.7 Å². The topological polar surface area (TPSA) is 183 Å². The predicted molar refractivity (Wildman–Crippen MR) is 139 cm³/mol. The summed E-state index contributed by atoms with van der Waals surface area (Å²) >= 11 is 0. The van der Waals surface area contributed by atoms with E-state index in [1.807, 2.05) is 0 Å². The zero-order valence-electron chi connectivity index (χ0n) is 24.3. The predicted octanol–water partition coefficient (Wildman–Crippen LogP) is 0.995. The molecule has 4 aliphatic rings. The van der Waals surface area contributed by atoms with Crippen molar-refractivity contribution in [2.75, 3.05) is 13.2 Å². The lowest BCUT2D eigenvalue weighted by Gasteiger charge is -2.68. The van der Waals surface area contributed by atoms with Gasteiger partial charge in [0.2, 0.25) is 0 Å². The van der Waals surface area contributed by atoms with Crippen LogP contribution in [0.4, 0.5) is 0 Å². The highest BCUT2D eigenvalue weighted by Crippen LogP contribution is 2.71. The maximum absolute atomic E-state index is 12.9. The van der Waals surface area contributed by atoms with Crippen LogP contribution in [0.25, 0.3) is 0 Å². The van der Waals surface area contributed by atoms with Crippen LogP contribution in [0.2, 0.25) is 0 Å². The molecule has 0 bridgehead atoms. The van der Waals surface area contributed by atoms with Crippen LogP contribution < -0.4 is 0 Å².